The van der Waals surface area contributed by atoms with E-state index in [1.54, 1.807) is 0 Å². The van der Waals surface area contributed by atoms with Crippen molar-refractivity contribution in [3.63, 3.8) is 0 Å². The van der Waals surface area contributed by atoms with Gasteiger partial charge in [0.05, 0.1) is 18.2 Å². The summed E-state index contributed by atoms with van der Waals surface area (Å²) in [5.41, 5.74) is 4.25. The van der Waals surface area contributed by atoms with Crippen LogP contribution >= 0.6 is 0 Å². The number of nitrogens with one attached hydrogen (secondary N) is 2. The third kappa shape index (κ3) is 5.61. The molecule has 2 N–H and O–H groups in total. The van der Waals surface area contributed by atoms with Gasteiger partial charge in [-0.15, -0.1) is 0 Å². The predicted molar refractivity (Wildman–Crippen MR) is 115 cm³/mol. The molecule has 0 spiro atoms. The molecule has 0 aliphatic heterocycles. The van der Waals surface area contributed by atoms with Crippen molar-refractivity contribution < 1.29 is 22.7 Å². The second-order valence-electron chi connectivity index (χ2n) is 7.31. The number of carbonyl (C=O) groups excluding carboxylic acids is 2. The Hall–Kier alpha value is -3.38. The predicted octanol–water partition coefficient (Wildman–Crippen LogP) is 1.97. The highest BCUT2D eigenvalue weighted by atomic mass is 32.2. The minimum Gasteiger partial charge on any atom is -0.449 e. The highest BCUT2D eigenvalue weighted by Crippen LogP contribution is 2.44. The summed E-state index contributed by atoms with van der Waals surface area (Å²) in [7, 11) is -3.55. The van der Waals surface area contributed by atoms with Crippen LogP contribution < -0.4 is 10.6 Å². The number of benzene rings is 2. The van der Waals surface area contributed by atoms with Crippen LogP contribution in [0.5, 0.6) is 0 Å². The molecule has 0 aromatic heterocycles. The fourth-order valence-electron chi connectivity index (χ4n) is 3.63. The zero-order valence-electron chi connectivity index (χ0n) is 17.0. The van der Waals surface area contributed by atoms with Crippen LogP contribution in [0.3, 0.4) is 0 Å². The monoisotopic (exact) mass is 441 g/mol. The van der Waals surface area contributed by atoms with E-state index >= 15 is 0 Å². The van der Waals surface area contributed by atoms with Crippen molar-refractivity contribution in [3.05, 3.63) is 59.7 Å². The number of hydrogen-bond acceptors (Lipinski definition) is 6. The van der Waals surface area contributed by atoms with E-state index in [2.05, 4.69) is 10.6 Å². The number of nitriles is 1. The molecular weight excluding hydrogens is 418 g/mol. The Kier molecular flexibility index (Phi) is 6.92. The molecule has 1 atom stereocenters. The Bertz CT molecular complexity index is 1080. The molecule has 2 aromatic carbocycles. The van der Waals surface area contributed by atoms with Gasteiger partial charge in [0.25, 0.3) is 0 Å². The van der Waals surface area contributed by atoms with Crippen LogP contribution in [0, 0.1) is 11.3 Å². The lowest BCUT2D eigenvalue weighted by Gasteiger charge is -2.19. The van der Waals surface area contributed by atoms with Gasteiger partial charge in [-0.3, -0.25) is 4.79 Å². The van der Waals surface area contributed by atoms with E-state index < -0.39 is 33.6 Å². The molecule has 162 valence electrons. The Morgan fingerprint density at radius 3 is 2.23 bits per heavy atom. The average Bonchev–Trinajstić information content (AvgIpc) is 3.05. The third-order valence-electron chi connectivity index (χ3n) is 4.96. The first-order chi connectivity index (χ1) is 14.8. The number of alkyl carbamates (subject to hydrolysis) is 1. The van der Waals surface area contributed by atoms with Gasteiger partial charge < -0.3 is 15.4 Å². The maximum Gasteiger partial charge on any atom is 0.407 e. The molecule has 0 radical (unpaired) electrons. The molecule has 31 heavy (non-hydrogen) atoms. The number of carbonyl (C=O) groups is 2. The average molecular weight is 442 g/mol. The zero-order valence-corrected chi connectivity index (χ0v) is 17.8. The van der Waals surface area contributed by atoms with Crippen molar-refractivity contribution in [1.29, 1.82) is 5.26 Å². The number of ether oxygens (including phenoxy) is 1. The van der Waals surface area contributed by atoms with Gasteiger partial charge in [-0.25, -0.2) is 13.2 Å². The summed E-state index contributed by atoms with van der Waals surface area (Å²) in [4.78, 5) is 24.7. The molecular formula is C22H23N3O5S. The molecule has 3 rings (SSSR count). The second kappa shape index (κ2) is 9.62. The Morgan fingerprint density at radius 2 is 1.68 bits per heavy atom. The number of nitrogens with zero attached hydrogens (tertiary/aromatic N) is 1. The van der Waals surface area contributed by atoms with Gasteiger partial charge in [0.2, 0.25) is 5.91 Å². The van der Waals surface area contributed by atoms with Crippen LogP contribution in [0.15, 0.2) is 48.5 Å². The van der Waals surface area contributed by atoms with Gasteiger partial charge in [0.1, 0.15) is 22.5 Å². The highest BCUT2D eigenvalue weighted by Gasteiger charge is 2.30. The summed E-state index contributed by atoms with van der Waals surface area (Å²) in [6.07, 6.45) is 0.162. The van der Waals surface area contributed by atoms with E-state index in [0.717, 1.165) is 28.5 Å². The molecule has 0 bridgehead atoms. The molecule has 0 heterocycles. The topological polar surface area (TPSA) is 125 Å². The van der Waals surface area contributed by atoms with Crippen molar-refractivity contribution in [2.75, 3.05) is 25.2 Å². The van der Waals surface area contributed by atoms with E-state index in [4.69, 9.17) is 10.00 Å². The number of hydrogen-bond donors (Lipinski definition) is 2. The number of sulfone groups is 1. The maximum absolute atomic E-state index is 12.4. The van der Waals surface area contributed by atoms with Gasteiger partial charge in [-0.2, -0.15) is 5.26 Å². The summed E-state index contributed by atoms with van der Waals surface area (Å²) < 4.78 is 28.7. The smallest absolute Gasteiger partial charge is 0.407 e. The minimum atomic E-state index is -3.55. The van der Waals surface area contributed by atoms with Crippen molar-refractivity contribution in [2.45, 2.75) is 18.4 Å². The molecule has 9 heteroatoms. The lowest BCUT2D eigenvalue weighted by molar-refractivity contribution is -0.122. The summed E-state index contributed by atoms with van der Waals surface area (Å²) in [6, 6.07) is 16.3. The summed E-state index contributed by atoms with van der Waals surface area (Å²) in [5, 5.41) is 13.4. The molecule has 1 unspecified atom stereocenters. The first-order valence-electron chi connectivity index (χ1n) is 9.74. The minimum absolute atomic E-state index is 0.0432. The quantitative estimate of drug-likeness (QED) is 0.604. The Morgan fingerprint density at radius 1 is 1.10 bits per heavy atom. The maximum atomic E-state index is 12.4. The van der Waals surface area contributed by atoms with Crippen LogP contribution in [0.2, 0.25) is 0 Å². The Balaban J connectivity index is 1.68. The van der Waals surface area contributed by atoms with Gasteiger partial charge in [0.15, 0.2) is 0 Å². The molecule has 2 amide bonds. The molecule has 1 aliphatic carbocycles. The van der Waals surface area contributed by atoms with Crippen molar-refractivity contribution >= 4 is 21.8 Å². The first kappa shape index (κ1) is 22.3. The van der Waals surface area contributed by atoms with Crippen LogP contribution in [-0.4, -0.2) is 51.6 Å². The SMILES string of the molecule is CS(=O)(=O)CC(NC(=O)OCC1c2ccccc2-c2ccccc21)C(=O)NCCC#N. The molecule has 1 aliphatic rings. The van der Waals surface area contributed by atoms with Crippen LogP contribution in [0.4, 0.5) is 4.79 Å². The fraction of sp³-hybridized carbons (Fsp3) is 0.318. The van der Waals surface area contributed by atoms with Crippen LogP contribution in [0.25, 0.3) is 11.1 Å². The van der Waals surface area contributed by atoms with Crippen LogP contribution in [0.1, 0.15) is 23.5 Å². The fourth-order valence-corrected chi connectivity index (χ4v) is 4.47. The normalized spacial score (nSPS) is 13.4. The summed E-state index contributed by atoms with van der Waals surface area (Å²) in [6.45, 7) is 0.101. The van der Waals surface area contributed by atoms with Crippen LogP contribution in [-0.2, 0) is 19.4 Å². The van der Waals surface area contributed by atoms with E-state index in [-0.39, 0.29) is 25.5 Å². The van der Waals surface area contributed by atoms with Gasteiger partial charge >= 0.3 is 6.09 Å². The lowest BCUT2D eigenvalue weighted by Crippen LogP contribution is -2.50. The van der Waals surface area contributed by atoms with Gasteiger partial charge in [-0.1, -0.05) is 48.5 Å². The highest BCUT2D eigenvalue weighted by molar-refractivity contribution is 7.90. The number of rotatable bonds is 8. The largest absolute Gasteiger partial charge is 0.449 e. The molecule has 2 aromatic rings. The van der Waals surface area contributed by atoms with E-state index in [1.165, 1.54) is 0 Å². The first-order valence-corrected chi connectivity index (χ1v) is 11.8. The lowest BCUT2D eigenvalue weighted by atomic mass is 9.98. The van der Waals surface area contributed by atoms with E-state index in [1.807, 2.05) is 54.6 Å². The number of fused-ring (bicyclic) bond motifs is 3. The molecule has 8 nitrogen and oxygen atoms in total. The van der Waals surface area contributed by atoms with Gasteiger partial charge in [0, 0.05) is 18.7 Å². The second-order valence-corrected chi connectivity index (χ2v) is 9.50. The molecule has 0 fully saturated rings. The standard InChI is InChI=1S/C22H23N3O5S/c1-31(28,29)14-20(21(26)24-12-6-11-23)25-22(27)30-13-19-17-9-4-2-7-15(17)16-8-3-5-10-18(16)19/h2-5,7-10,19-20H,6,12-14H2,1H3,(H,24,26)(H,25,27). The summed E-state index contributed by atoms with van der Waals surface area (Å²) in [5.74, 6) is -1.42. The molecule has 0 saturated heterocycles. The van der Waals surface area contributed by atoms with E-state index in [9.17, 15) is 18.0 Å². The summed E-state index contributed by atoms with van der Waals surface area (Å²) >= 11 is 0. The van der Waals surface area contributed by atoms with Gasteiger partial charge in [-0.05, 0) is 22.3 Å². The third-order valence-corrected chi connectivity index (χ3v) is 5.90. The Labute approximate surface area is 181 Å². The van der Waals surface area contributed by atoms with E-state index in [0.29, 0.717) is 0 Å². The van der Waals surface area contributed by atoms with Crippen molar-refractivity contribution in [3.8, 4) is 17.2 Å². The van der Waals surface area contributed by atoms with Crippen molar-refractivity contribution in [1.82, 2.24) is 10.6 Å². The number of amides is 2. The zero-order chi connectivity index (χ0) is 22.4. The van der Waals surface area contributed by atoms with Crippen molar-refractivity contribution in [2.24, 2.45) is 0 Å². The molecule has 0 saturated carbocycles.